The van der Waals surface area contributed by atoms with Crippen LogP contribution in [0.25, 0.3) is 0 Å². The minimum Gasteiger partial charge on any atom is -0.353 e. The smallest absolute Gasteiger partial charge is 0.232 e. The molecule has 98 valence electrons. The molecular weight excluding hydrogens is 244 g/mol. The second-order valence-corrected chi connectivity index (χ2v) is 5.76. The van der Waals surface area contributed by atoms with Crippen molar-refractivity contribution >= 4 is 17.7 Å². The molecule has 2 N–H and O–H groups in total. The van der Waals surface area contributed by atoms with Gasteiger partial charge in [0.1, 0.15) is 0 Å². The molecule has 0 spiro atoms. The third-order valence-electron chi connectivity index (χ3n) is 3.42. The summed E-state index contributed by atoms with van der Waals surface area (Å²) in [6, 6.07) is 8.71. The van der Waals surface area contributed by atoms with Crippen LogP contribution < -0.4 is 10.6 Å². The van der Waals surface area contributed by atoms with Gasteiger partial charge in [-0.2, -0.15) is 11.8 Å². The summed E-state index contributed by atoms with van der Waals surface area (Å²) in [5.74, 6) is 0.118. The summed E-state index contributed by atoms with van der Waals surface area (Å²) >= 11 is 1.57. The maximum atomic E-state index is 11.8. The predicted molar refractivity (Wildman–Crippen MR) is 76.9 cm³/mol. The Kier molecular flexibility index (Phi) is 4.66. The van der Waals surface area contributed by atoms with E-state index in [-0.39, 0.29) is 17.2 Å². The van der Waals surface area contributed by atoms with E-state index in [1.54, 1.807) is 11.8 Å². The molecule has 0 bridgehead atoms. The Morgan fingerprint density at radius 3 is 3.11 bits per heavy atom. The number of thioether (sulfide) groups is 1. The summed E-state index contributed by atoms with van der Waals surface area (Å²) in [5.41, 5.74) is 2.72. The lowest BCUT2D eigenvalue weighted by atomic mass is 9.94. The van der Waals surface area contributed by atoms with Gasteiger partial charge >= 0.3 is 0 Å². The molecule has 2 atom stereocenters. The lowest BCUT2D eigenvalue weighted by Crippen LogP contribution is -2.41. The monoisotopic (exact) mass is 264 g/mol. The highest BCUT2D eigenvalue weighted by atomic mass is 32.2. The second kappa shape index (κ2) is 6.25. The molecule has 0 fully saturated rings. The lowest BCUT2D eigenvalue weighted by molar-refractivity contribution is -0.120. The standard InChI is InChI=1S/C14H20N2OS/c1-10(18-2)14(17)16-9-13-12-6-4-3-5-11(12)7-8-15-13/h3-6,10,13,15H,7-9H2,1-2H3,(H,16,17). The van der Waals surface area contributed by atoms with Gasteiger partial charge in [-0.05, 0) is 37.3 Å². The van der Waals surface area contributed by atoms with Crippen LogP contribution in [0.4, 0.5) is 0 Å². The van der Waals surface area contributed by atoms with Crippen LogP contribution in [0.2, 0.25) is 0 Å². The molecule has 0 aromatic heterocycles. The molecule has 1 aliphatic rings. The van der Waals surface area contributed by atoms with Crippen molar-refractivity contribution in [2.24, 2.45) is 0 Å². The minimum absolute atomic E-state index is 0.0174. The van der Waals surface area contributed by atoms with Crippen LogP contribution in [0.5, 0.6) is 0 Å². The van der Waals surface area contributed by atoms with Crippen LogP contribution in [0, 0.1) is 0 Å². The van der Waals surface area contributed by atoms with Gasteiger partial charge in [0.05, 0.1) is 5.25 Å². The Morgan fingerprint density at radius 2 is 2.33 bits per heavy atom. The van der Waals surface area contributed by atoms with Crippen LogP contribution in [-0.2, 0) is 11.2 Å². The van der Waals surface area contributed by atoms with E-state index in [2.05, 4.69) is 34.9 Å². The average molecular weight is 264 g/mol. The van der Waals surface area contributed by atoms with Crippen molar-refractivity contribution in [2.45, 2.75) is 24.6 Å². The van der Waals surface area contributed by atoms with Crippen LogP contribution >= 0.6 is 11.8 Å². The zero-order valence-corrected chi connectivity index (χ0v) is 11.7. The summed E-state index contributed by atoms with van der Waals surface area (Å²) in [5, 5.41) is 6.51. The number of rotatable bonds is 4. The molecule has 0 saturated carbocycles. The largest absolute Gasteiger partial charge is 0.353 e. The lowest BCUT2D eigenvalue weighted by Gasteiger charge is -2.27. The number of carbonyl (C=O) groups is 1. The highest BCUT2D eigenvalue weighted by Crippen LogP contribution is 2.21. The molecule has 1 aromatic carbocycles. The Balaban J connectivity index is 1.97. The first kappa shape index (κ1) is 13.4. The number of hydrogen-bond acceptors (Lipinski definition) is 3. The van der Waals surface area contributed by atoms with E-state index in [1.165, 1.54) is 11.1 Å². The van der Waals surface area contributed by atoms with E-state index in [0.29, 0.717) is 6.54 Å². The van der Waals surface area contributed by atoms with Crippen molar-refractivity contribution in [1.29, 1.82) is 0 Å². The zero-order valence-electron chi connectivity index (χ0n) is 10.9. The highest BCUT2D eigenvalue weighted by molar-refractivity contribution is 7.99. The molecule has 1 amide bonds. The third-order valence-corrected chi connectivity index (χ3v) is 4.34. The zero-order chi connectivity index (χ0) is 13.0. The van der Waals surface area contributed by atoms with Gasteiger partial charge in [-0.3, -0.25) is 4.79 Å². The average Bonchev–Trinajstić information content (AvgIpc) is 2.43. The van der Waals surface area contributed by atoms with Gasteiger partial charge in [0, 0.05) is 12.6 Å². The molecule has 2 unspecified atom stereocenters. The fourth-order valence-corrected chi connectivity index (χ4v) is 2.53. The van der Waals surface area contributed by atoms with Gasteiger partial charge in [0.15, 0.2) is 0 Å². The highest BCUT2D eigenvalue weighted by Gasteiger charge is 2.20. The Morgan fingerprint density at radius 1 is 1.56 bits per heavy atom. The number of carbonyl (C=O) groups excluding carboxylic acids is 1. The molecular formula is C14H20N2OS. The van der Waals surface area contributed by atoms with Crippen LogP contribution in [0.3, 0.4) is 0 Å². The maximum absolute atomic E-state index is 11.8. The Bertz CT molecular complexity index is 422. The molecule has 1 aliphatic heterocycles. The Labute approximate surface area is 113 Å². The van der Waals surface area contributed by atoms with Crippen LogP contribution in [-0.4, -0.2) is 30.5 Å². The number of nitrogens with one attached hydrogen (secondary N) is 2. The summed E-state index contributed by atoms with van der Waals surface area (Å²) < 4.78 is 0. The molecule has 4 heteroatoms. The molecule has 1 heterocycles. The van der Waals surface area contributed by atoms with Crippen molar-refractivity contribution in [3.05, 3.63) is 35.4 Å². The first-order valence-corrected chi connectivity index (χ1v) is 7.63. The van der Waals surface area contributed by atoms with E-state index < -0.39 is 0 Å². The number of amides is 1. The van der Waals surface area contributed by atoms with E-state index in [9.17, 15) is 4.79 Å². The van der Waals surface area contributed by atoms with E-state index in [1.807, 2.05) is 13.2 Å². The van der Waals surface area contributed by atoms with Crippen LogP contribution in [0.15, 0.2) is 24.3 Å². The van der Waals surface area contributed by atoms with Crippen LogP contribution in [0.1, 0.15) is 24.1 Å². The van der Waals surface area contributed by atoms with Gasteiger partial charge < -0.3 is 10.6 Å². The van der Waals surface area contributed by atoms with E-state index in [4.69, 9.17) is 0 Å². The number of fused-ring (bicyclic) bond motifs is 1. The van der Waals surface area contributed by atoms with Gasteiger partial charge in [0.2, 0.25) is 5.91 Å². The van der Waals surface area contributed by atoms with Gasteiger partial charge in [0.25, 0.3) is 0 Å². The fourth-order valence-electron chi connectivity index (χ4n) is 2.23. The number of benzene rings is 1. The molecule has 0 radical (unpaired) electrons. The van der Waals surface area contributed by atoms with Crippen molar-refractivity contribution in [2.75, 3.05) is 19.3 Å². The van der Waals surface area contributed by atoms with Crippen molar-refractivity contribution < 1.29 is 4.79 Å². The summed E-state index contributed by atoms with van der Waals surface area (Å²) in [4.78, 5) is 11.8. The first-order valence-electron chi connectivity index (χ1n) is 6.34. The predicted octanol–water partition coefficient (Wildman–Crippen LogP) is 1.74. The SMILES string of the molecule is CSC(C)C(=O)NCC1NCCc2ccccc21. The fraction of sp³-hybridized carbons (Fsp3) is 0.500. The van der Waals surface area contributed by atoms with E-state index in [0.717, 1.165) is 13.0 Å². The molecule has 0 saturated heterocycles. The van der Waals surface area contributed by atoms with E-state index >= 15 is 0 Å². The summed E-state index contributed by atoms with van der Waals surface area (Å²) in [6.45, 7) is 3.58. The summed E-state index contributed by atoms with van der Waals surface area (Å²) in [7, 11) is 0. The van der Waals surface area contributed by atoms with Crippen molar-refractivity contribution in [3.8, 4) is 0 Å². The Hall–Kier alpha value is -1.00. The molecule has 2 rings (SSSR count). The third kappa shape index (κ3) is 3.06. The molecule has 3 nitrogen and oxygen atoms in total. The quantitative estimate of drug-likeness (QED) is 0.870. The van der Waals surface area contributed by atoms with Gasteiger partial charge in [-0.1, -0.05) is 24.3 Å². The van der Waals surface area contributed by atoms with Crippen molar-refractivity contribution in [1.82, 2.24) is 10.6 Å². The second-order valence-electron chi connectivity index (χ2n) is 4.58. The van der Waals surface area contributed by atoms with Gasteiger partial charge in [-0.15, -0.1) is 0 Å². The molecule has 1 aromatic rings. The topological polar surface area (TPSA) is 41.1 Å². The first-order chi connectivity index (χ1) is 8.72. The molecule has 18 heavy (non-hydrogen) atoms. The summed E-state index contributed by atoms with van der Waals surface area (Å²) in [6.07, 6.45) is 3.03. The molecule has 0 aliphatic carbocycles. The normalized spacial score (nSPS) is 20.0. The van der Waals surface area contributed by atoms with Gasteiger partial charge in [-0.25, -0.2) is 0 Å². The van der Waals surface area contributed by atoms with Crippen molar-refractivity contribution in [3.63, 3.8) is 0 Å². The maximum Gasteiger partial charge on any atom is 0.232 e. The minimum atomic E-state index is 0.0174. The number of hydrogen-bond donors (Lipinski definition) is 2.